The molecular formula is C26H28BClN2O4. The van der Waals surface area contributed by atoms with E-state index >= 15 is 0 Å². The van der Waals surface area contributed by atoms with Crippen molar-refractivity contribution in [3.8, 4) is 11.8 Å². The van der Waals surface area contributed by atoms with Crippen LogP contribution in [-0.4, -0.2) is 42.5 Å². The summed E-state index contributed by atoms with van der Waals surface area (Å²) in [5, 5.41) is 4.79. The third-order valence-corrected chi connectivity index (χ3v) is 6.71. The maximum absolute atomic E-state index is 6.13. The average Bonchev–Trinajstić information content (AvgIpc) is 3.05. The van der Waals surface area contributed by atoms with Crippen LogP contribution in [0.2, 0.25) is 5.02 Å². The van der Waals surface area contributed by atoms with Crippen LogP contribution in [0.3, 0.4) is 0 Å². The van der Waals surface area contributed by atoms with Gasteiger partial charge in [0.1, 0.15) is 0 Å². The lowest BCUT2D eigenvalue weighted by atomic mass is 9.76. The summed E-state index contributed by atoms with van der Waals surface area (Å²) in [6, 6.07) is 15.6. The Hall–Kier alpha value is -2.87. The first-order valence-corrected chi connectivity index (χ1v) is 11.4. The van der Waals surface area contributed by atoms with Crippen LogP contribution in [-0.2, 0) is 9.31 Å². The van der Waals surface area contributed by atoms with Crippen molar-refractivity contribution >= 4 is 45.7 Å². The molecule has 8 heteroatoms. The second kappa shape index (κ2) is 9.41. The molecule has 2 aromatic heterocycles. The van der Waals surface area contributed by atoms with E-state index in [-0.39, 0.29) is 18.3 Å². The number of fused-ring (bicyclic) bond motifs is 2. The molecule has 1 aliphatic rings. The standard InChI is InChI=1S/C16H20BNO3.C10H8ClNO/c1-15(2)16(3,4)21-17(20-15)13-8-6-7-11-9-14(19-5)18-10-12(11)13;1-13-10-5-7-3-2-4-9(11)8(7)6-12-10/h6-10H,1-5H3;2-6H,1H3. The lowest BCUT2D eigenvalue weighted by Gasteiger charge is -2.32. The van der Waals surface area contributed by atoms with Gasteiger partial charge >= 0.3 is 7.12 Å². The molecule has 0 atom stereocenters. The molecule has 0 N–H and O–H groups in total. The third kappa shape index (κ3) is 4.69. The van der Waals surface area contributed by atoms with E-state index < -0.39 is 0 Å². The number of pyridine rings is 2. The number of rotatable bonds is 3. The first-order valence-electron chi connectivity index (χ1n) is 11.0. The smallest absolute Gasteiger partial charge is 0.481 e. The first kappa shape index (κ1) is 24.3. The molecule has 0 unspecified atom stereocenters. The highest BCUT2D eigenvalue weighted by Crippen LogP contribution is 2.37. The van der Waals surface area contributed by atoms with Gasteiger partial charge in [0.15, 0.2) is 0 Å². The van der Waals surface area contributed by atoms with Crippen molar-refractivity contribution in [2.24, 2.45) is 0 Å². The van der Waals surface area contributed by atoms with E-state index in [1.54, 1.807) is 20.4 Å². The maximum Gasteiger partial charge on any atom is 0.495 e. The fourth-order valence-electron chi connectivity index (χ4n) is 3.69. The van der Waals surface area contributed by atoms with Gasteiger partial charge in [-0.1, -0.05) is 41.9 Å². The lowest BCUT2D eigenvalue weighted by molar-refractivity contribution is 0.00578. The molecular weight excluding hydrogens is 451 g/mol. The predicted molar refractivity (Wildman–Crippen MR) is 137 cm³/mol. The summed E-state index contributed by atoms with van der Waals surface area (Å²) < 4.78 is 22.5. The molecule has 4 aromatic rings. The summed E-state index contributed by atoms with van der Waals surface area (Å²) in [5.74, 6) is 1.21. The molecule has 0 bridgehead atoms. The third-order valence-electron chi connectivity index (χ3n) is 6.39. The van der Waals surface area contributed by atoms with Crippen LogP contribution >= 0.6 is 11.6 Å². The van der Waals surface area contributed by atoms with Gasteiger partial charge in [0.2, 0.25) is 11.8 Å². The summed E-state index contributed by atoms with van der Waals surface area (Å²) in [5.41, 5.74) is 0.306. The number of hydrogen-bond acceptors (Lipinski definition) is 6. The Morgan fingerprint density at radius 1 is 0.765 bits per heavy atom. The van der Waals surface area contributed by atoms with E-state index in [2.05, 4.69) is 37.7 Å². The fourth-order valence-corrected chi connectivity index (χ4v) is 3.92. The Labute approximate surface area is 205 Å². The highest BCUT2D eigenvalue weighted by atomic mass is 35.5. The summed E-state index contributed by atoms with van der Waals surface area (Å²) in [6.45, 7) is 8.22. The molecule has 1 fully saturated rings. The summed E-state index contributed by atoms with van der Waals surface area (Å²) in [4.78, 5) is 8.38. The molecule has 0 amide bonds. The first-order chi connectivity index (χ1) is 16.1. The van der Waals surface area contributed by atoms with Crippen LogP contribution in [0.4, 0.5) is 0 Å². The van der Waals surface area contributed by atoms with Gasteiger partial charge in [-0.05, 0) is 50.0 Å². The molecule has 0 saturated carbocycles. The van der Waals surface area contributed by atoms with Crippen molar-refractivity contribution in [2.45, 2.75) is 38.9 Å². The molecule has 1 saturated heterocycles. The predicted octanol–water partition coefficient (Wildman–Crippen LogP) is 5.44. The minimum atomic E-state index is -0.381. The highest BCUT2D eigenvalue weighted by molar-refractivity contribution is 6.65. The molecule has 34 heavy (non-hydrogen) atoms. The molecule has 3 heterocycles. The van der Waals surface area contributed by atoms with Crippen molar-refractivity contribution in [3.05, 3.63) is 65.9 Å². The van der Waals surface area contributed by atoms with Crippen LogP contribution in [0.25, 0.3) is 21.5 Å². The maximum atomic E-state index is 6.13. The summed E-state index contributed by atoms with van der Waals surface area (Å²) in [7, 11) is 2.83. The number of benzene rings is 2. The van der Waals surface area contributed by atoms with Gasteiger partial charge < -0.3 is 18.8 Å². The Bertz CT molecular complexity index is 1310. The Kier molecular flexibility index (Phi) is 6.72. The van der Waals surface area contributed by atoms with E-state index in [1.807, 2.05) is 54.7 Å². The highest BCUT2D eigenvalue weighted by Gasteiger charge is 2.52. The second-order valence-corrected chi connectivity index (χ2v) is 9.48. The summed E-state index contributed by atoms with van der Waals surface area (Å²) >= 11 is 5.97. The molecule has 6 nitrogen and oxygen atoms in total. The SMILES string of the molecule is COc1cc2cccc(B3OC(C)(C)C(C)(C)O3)c2cn1.COc1cc2cccc(Cl)c2cn1. The molecule has 0 radical (unpaired) electrons. The number of ether oxygens (including phenoxy) is 2. The fraction of sp³-hybridized carbons (Fsp3) is 0.308. The molecule has 5 rings (SSSR count). The molecule has 1 aliphatic heterocycles. The van der Waals surface area contributed by atoms with E-state index in [9.17, 15) is 0 Å². The summed E-state index contributed by atoms with van der Waals surface area (Å²) in [6.07, 6.45) is 3.53. The number of aromatic nitrogens is 2. The number of halogens is 1. The molecule has 0 aliphatic carbocycles. The van der Waals surface area contributed by atoms with Crippen LogP contribution in [0.15, 0.2) is 60.9 Å². The topological polar surface area (TPSA) is 62.7 Å². The van der Waals surface area contributed by atoms with Gasteiger partial charge in [-0.15, -0.1) is 0 Å². The Morgan fingerprint density at radius 2 is 1.26 bits per heavy atom. The van der Waals surface area contributed by atoms with Crippen LogP contribution in [0, 0.1) is 0 Å². The minimum absolute atomic E-state index is 0.347. The van der Waals surface area contributed by atoms with Gasteiger partial charge in [-0.2, -0.15) is 0 Å². The van der Waals surface area contributed by atoms with E-state index in [0.717, 1.165) is 27.0 Å². The van der Waals surface area contributed by atoms with Gasteiger partial charge in [0.05, 0.1) is 25.4 Å². The molecule has 176 valence electrons. The normalized spacial score (nSPS) is 16.3. The van der Waals surface area contributed by atoms with Gasteiger partial charge in [0, 0.05) is 40.3 Å². The van der Waals surface area contributed by atoms with E-state index in [4.69, 9.17) is 30.4 Å². The second-order valence-electron chi connectivity index (χ2n) is 9.07. The van der Waals surface area contributed by atoms with Crippen molar-refractivity contribution in [2.75, 3.05) is 14.2 Å². The van der Waals surface area contributed by atoms with Crippen LogP contribution < -0.4 is 14.9 Å². The quantitative estimate of drug-likeness (QED) is 0.365. The zero-order valence-corrected chi connectivity index (χ0v) is 21.0. The Morgan fingerprint density at radius 3 is 1.82 bits per heavy atom. The van der Waals surface area contributed by atoms with Crippen molar-refractivity contribution in [1.29, 1.82) is 0 Å². The van der Waals surface area contributed by atoms with Gasteiger partial charge in [-0.25, -0.2) is 9.97 Å². The zero-order valence-electron chi connectivity index (χ0n) is 20.3. The van der Waals surface area contributed by atoms with E-state index in [0.29, 0.717) is 16.8 Å². The van der Waals surface area contributed by atoms with Crippen molar-refractivity contribution in [3.63, 3.8) is 0 Å². The zero-order chi connectivity index (χ0) is 24.5. The van der Waals surface area contributed by atoms with E-state index in [1.165, 1.54) is 0 Å². The largest absolute Gasteiger partial charge is 0.495 e. The molecule has 2 aromatic carbocycles. The lowest BCUT2D eigenvalue weighted by Crippen LogP contribution is -2.41. The number of hydrogen-bond donors (Lipinski definition) is 0. The van der Waals surface area contributed by atoms with Crippen LogP contribution in [0.5, 0.6) is 11.8 Å². The average molecular weight is 479 g/mol. The monoisotopic (exact) mass is 478 g/mol. The van der Waals surface area contributed by atoms with Gasteiger partial charge in [-0.3, -0.25) is 0 Å². The number of methoxy groups -OCH3 is 2. The van der Waals surface area contributed by atoms with Crippen molar-refractivity contribution in [1.82, 2.24) is 9.97 Å². The van der Waals surface area contributed by atoms with Crippen LogP contribution in [0.1, 0.15) is 27.7 Å². The minimum Gasteiger partial charge on any atom is -0.481 e. The molecule has 0 spiro atoms. The Balaban J connectivity index is 0.000000180. The van der Waals surface area contributed by atoms with Crippen molar-refractivity contribution < 1.29 is 18.8 Å². The number of nitrogens with zero attached hydrogens (tertiary/aromatic N) is 2. The van der Waals surface area contributed by atoms with Gasteiger partial charge in [0.25, 0.3) is 0 Å².